The van der Waals surface area contributed by atoms with Crippen molar-refractivity contribution < 1.29 is 31.2 Å². The van der Waals surface area contributed by atoms with Crippen LogP contribution in [-0.2, 0) is 26.1 Å². The minimum absolute atomic E-state index is 0.377. The summed E-state index contributed by atoms with van der Waals surface area (Å²) in [6, 6.07) is 3.79. The standard InChI is InChI=1S/C12H14BrF3N2O4S/c1-11(2,17)6-7-3-4-8(5-9(7)13)23(20,21)18-22-10(19)12(14,15)16/h3-5,18H,6,17H2,1-2H3. The van der Waals surface area contributed by atoms with Crippen molar-refractivity contribution in [2.24, 2.45) is 5.73 Å². The summed E-state index contributed by atoms with van der Waals surface area (Å²) in [5, 5.41) is 0. The number of hydrogen-bond donors (Lipinski definition) is 2. The van der Waals surface area contributed by atoms with Gasteiger partial charge in [0.05, 0.1) is 4.90 Å². The fourth-order valence-electron chi connectivity index (χ4n) is 1.53. The normalized spacial score (nSPS) is 13.0. The third-order valence-electron chi connectivity index (χ3n) is 2.46. The van der Waals surface area contributed by atoms with E-state index in [-0.39, 0.29) is 4.90 Å². The van der Waals surface area contributed by atoms with Gasteiger partial charge in [-0.3, -0.25) is 0 Å². The maximum absolute atomic E-state index is 12.0. The minimum atomic E-state index is -5.31. The summed E-state index contributed by atoms with van der Waals surface area (Å²) in [5.41, 5.74) is 6.04. The lowest BCUT2D eigenvalue weighted by Gasteiger charge is -2.19. The van der Waals surface area contributed by atoms with Crippen molar-refractivity contribution >= 4 is 31.9 Å². The van der Waals surface area contributed by atoms with E-state index in [1.165, 1.54) is 12.1 Å². The Hall–Kier alpha value is -1.17. The minimum Gasteiger partial charge on any atom is -0.348 e. The van der Waals surface area contributed by atoms with Gasteiger partial charge in [0, 0.05) is 10.0 Å². The van der Waals surface area contributed by atoms with Crippen molar-refractivity contribution in [3.05, 3.63) is 28.2 Å². The van der Waals surface area contributed by atoms with E-state index in [0.717, 1.165) is 11.0 Å². The molecule has 0 amide bonds. The summed E-state index contributed by atoms with van der Waals surface area (Å²) in [6.07, 6.45) is -4.87. The molecule has 0 unspecified atom stereocenters. The first-order valence-electron chi connectivity index (χ1n) is 6.09. The molecule has 0 aliphatic rings. The highest BCUT2D eigenvalue weighted by atomic mass is 79.9. The summed E-state index contributed by atoms with van der Waals surface area (Å²) in [6.45, 7) is 3.56. The molecule has 0 aliphatic heterocycles. The second kappa shape index (κ2) is 6.75. The van der Waals surface area contributed by atoms with Gasteiger partial charge in [-0.25, -0.2) is 13.2 Å². The summed E-state index contributed by atoms with van der Waals surface area (Å²) < 4.78 is 59.9. The lowest BCUT2D eigenvalue weighted by Crippen LogP contribution is -2.35. The van der Waals surface area contributed by atoms with Gasteiger partial charge >= 0.3 is 12.1 Å². The number of benzene rings is 1. The highest BCUT2D eigenvalue weighted by molar-refractivity contribution is 9.10. The summed E-state index contributed by atoms with van der Waals surface area (Å²) in [7, 11) is -4.45. The second-order valence-corrected chi connectivity index (χ2v) is 7.89. The van der Waals surface area contributed by atoms with Crippen LogP contribution in [0.4, 0.5) is 13.2 Å². The monoisotopic (exact) mass is 418 g/mol. The number of rotatable bonds is 5. The van der Waals surface area contributed by atoms with Crippen molar-refractivity contribution in [2.75, 3.05) is 0 Å². The Morgan fingerprint density at radius 1 is 1.35 bits per heavy atom. The molecule has 1 aromatic rings. The van der Waals surface area contributed by atoms with Crippen LogP contribution in [0.5, 0.6) is 0 Å². The zero-order valence-electron chi connectivity index (χ0n) is 12.1. The molecule has 130 valence electrons. The fourth-order valence-corrected chi connectivity index (χ4v) is 3.00. The number of sulfonamides is 1. The predicted octanol–water partition coefficient (Wildman–Crippen LogP) is 2.03. The molecule has 0 heterocycles. The van der Waals surface area contributed by atoms with Gasteiger partial charge in [-0.05, 0) is 42.8 Å². The van der Waals surface area contributed by atoms with Gasteiger partial charge in [0.15, 0.2) is 0 Å². The van der Waals surface area contributed by atoms with E-state index in [1.54, 1.807) is 13.8 Å². The number of hydrogen-bond acceptors (Lipinski definition) is 5. The van der Waals surface area contributed by atoms with Crippen LogP contribution in [0.15, 0.2) is 27.6 Å². The molecule has 0 spiro atoms. The van der Waals surface area contributed by atoms with Crippen LogP contribution >= 0.6 is 15.9 Å². The molecule has 0 aromatic heterocycles. The molecule has 0 aliphatic carbocycles. The van der Waals surface area contributed by atoms with Gasteiger partial charge in [-0.2, -0.15) is 13.2 Å². The van der Waals surface area contributed by atoms with Crippen LogP contribution in [0.25, 0.3) is 0 Å². The first-order chi connectivity index (χ1) is 10.2. The summed E-state index contributed by atoms with van der Waals surface area (Å²) in [4.78, 5) is 14.8. The molecule has 0 fully saturated rings. The van der Waals surface area contributed by atoms with Gasteiger partial charge in [0.2, 0.25) is 0 Å². The Balaban J connectivity index is 2.94. The highest BCUT2D eigenvalue weighted by Gasteiger charge is 2.42. The Morgan fingerprint density at radius 3 is 2.35 bits per heavy atom. The molecule has 1 aromatic carbocycles. The number of nitrogens with two attached hydrogens (primary N) is 1. The molecule has 6 nitrogen and oxygen atoms in total. The molecule has 0 saturated carbocycles. The maximum atomic E-state index is 12.0. The molecule has 0 saturated heterocycles. The molecule has 0 bridgehead atoms. The van der Waals surface area contributed by atoms with Gasteiger partial charge < -0.3 is 10.6 Å². The second-order valence-electron chi connectivity index (χ2n) is 5.39. The van der Waals surface area contributed by atoms with Crippen molar-refractivity contribution in [2.45, 2.75) is 36.9 Å². The van der Waals surface area contributed by atoms with Gasteiger partial charge in [0.25, 0.3) is 10.0 Å². The van der Waals surface area contributed by atoms with Crippen molar-refractivity contribution in [3.8, 4) is 0 Å². The van der Waals surface area contributed by atoms with E-state index < -0.39 is 27.7 Å². The molecule has 23 heavy (non-hydrogen) atoms. The van der Waals surface area contributed by atoms with E-state index >= 15 is 0 Å². The zero-order valence-corrected chi connectivity index (χ0v) is 14.5. The number of carbonyl (C=O) groups excluding carboxylic acids is 1. The van der Waals surface area contributed by atoms with E-state index in [2.05, 4.69) is 20.8 Å². The van der Waals surface area contributed by atoms with Crippen LogP contribution in [-0.4, -0.2) is 26.1 Å². The number of alkyl halides is 3. The first-order valence-corrected chi connectivity index (χ1v) is 8.37. The lowest BCUT2D eigenvalue weighted by atomic mass is 9.96. The van der Waals surface area contributed by atoms with Gasteiger partial charge in [-0.1, -0.05) is 22.0 Å². The largest absolute Gasteiger partial charge is 0.492 e. The van der Waals surface area contributed by atoms with Crippen LogP contribution in [0.2, 0.25) is 0 Å². The highest BCUT2D eigenvalue weighted by Crippen LogP contribution is 2.24. The average molecular weight is 419 g/mol. The average Bonchev–Trinajstić information content (AvgIpc) is 2.35. The number of nitrogens with one attached hydrogen (secondary N) is 1. The summed E-state index contributed by atoms with van der Waals surface area (Å²) >= 11 is 3.17. The first kappa shape index (κ1) is 19.9. The van der Waals surface area contributed by atoms with E-state index in [0.29, 0.717) is 16.5 Å². The van der Waals surface area contributed by atoms with Crippen molar-refractivity contribution in [1.82, 2.24) is 4.89 Å². The zero-order chi connectivity index (χ0) is 18.1. The molecule has 11 heteroatoms. The molecular formula is C12H14BrF3N2O4S. The van der Waals surface area contributed by atoms with Crippen LogP contribution in [0.3, 0.4) is 0 Å². The SMILES string of the molecule is CC(C)(N)Cc1ccc(S(=O)(=O)NOC(=O)C(F)(F)F)cc1Br. The fraction of sp³-hybridized carbons (Fsp3) is 0.417. The Labute approximate surface area is 139 Å². The molecule has 1 rings (SSSR count). The van der Waals surface area contributed by atoms with Crippen LogP contribution in [0, 0.1) is 0 Å². The van der Waals surface area contributed by atoms with Crippen LogP contribution in [0.1, 0.15) is 19.4 Å². The third kappa shape index (κ3) is 6.09. The van der Waals surface area contributed by atoms with Crippen molar-refractivity contribution in [1.29, 1.82) is 0 Å². The number of carbonyl (C=O) groups is 1. The van der Waals surface area contributed by atoms with Crippen LogP contribution < -0.4 is 10.6 Å². The van der Waals surface area contributed by atoms with E-state index in [4.69, 9.17) is 5.73 Å². The van der Waals surface area contributed by atoms with E-state index in [1.807, 2.05) is 0 Å². The Morgan fingerprint density at radius 2 is 1.91 bits per heavy atom. The molecular weight excluding hydrogens is 405 g/mol. The predicted molar refractivity (Wildman–Crippen MR) is 78.6 cm³/mol. The molecule has 3 N–H and O–H groups in total. The topological polar surface area (TPSA) is 98.5 Å². The smallest absolute Gasteiger partial charge is 0.348 e. The molecule has 0 atom stereocenters. The Kier molecular flexibility index (Phi) is 5.83. The Bertz CT molecular complexity index is 699. The number of halogens is 4. The maximum Gasteiger partial charge on any atom is 0.492 e. The quantitative estimate of drug-likeness (QED) is 0.712. The molecule has 0 radical (unpaired) electrons. The lowest BCUT2D eigenvalue weighted by molar-refractivity contribution is -0.203. The van der Waals surface area contributed by atoms with Crippen molar-refractivity contribution in [3.63, 3.8) is 0 Å². The van der Waals surface area contributed by atoms with Gasteiger partial charge in [-0.15, -0.1) is 0 Å². The summed E-state index contributed by atoms with van der Waals surface area (Å²) in [5.74, 6) is -2.67. The van der Waals surface area contributed by atoms with E-state index in [9.17, 15) is 26.4 Å². The van der Waals surface area contributed by atoms with Gasteiger partial charge in [0.1, 0.15) is 0 Å². The third-order valence-corrected chi connectivity index (χ3v) is 4.37.